The minimum atomic E-state index is 0.00698. The van der Waals surface area contributed by atoms with Gasteiger partial charge in [-0.15, -0.1) is 0 Å². The van der Waals surface area contributed by atoms with Crippen molar-refractivity contribution in [2.45, 2.75) is 25.7 Å². The van der Waals surface area contributed by atoms with Crippen LogP contribution in [0.15, 0.2) is 16.9 Å². The number of piperidine rings is 2. The molecule has 1 spiro atoms. The third kappa shape index (κ3) is 2.14. The highest BCUT2D eigenvalue weighted by Crippen LogP contribution is 2.39. The average Bonchev–Trinajstić information content (AvgIpc) is 2.94. The number of nitrogens with zero attached hydrogens (tertiary/aromatic N) is 2. The minimum absolute atomic E-state index is 0.00698. The molecule has 0 aliphatic carbocycles. The SMILES string of the molecule is O=C(c1ccon1)N1CCC2(CCNCC2)CC1. The van der Waals surface area contributed by atoms with E-state index in [9.17, 15) is 4.79 Å². The van der Waals surface area contributed by atoms with Gasteiger partial charge in [-0.2, -0.15) is 0 Å². The molecule has 5 nitrogen and oxygen atoms in total. The molecule has 18 heavy (non-hydrogen) atoms. The summed E-state index contributed by atoms with van der Waals surface area (Å²) in [7, 11) is 0. The van der Waals surface area contributed by atoms with Crippen LogP contribution in [0, 0.1) is 5.41 Å². The number of aromatic nitrogens is 1. The normalized spacial score (nSPS) is 23.2. The molecule has 0 saturated carbocycles. The van der Waals surface area contributed by atoms with Gasteiger partial charge < -0.3 is 14.7 Å². The molecule has 0 unspecified atom stereocenters. The molecule has 3 rings (SSSR count). The Hall–Kier alpha value is -1.36. The van der Waals surface area contributed by atoms with Gasteiger partial charge >= 0.3 is 0 Å². The number of carbonyl (C=O) groups is 1. The second-order valence-electron chi connectivity index (χ2n) is 5.43. The van der Waals surface area contributed by atoms with Crippen molar-refractivity contribution in [2.75, 3.05) is 26.2 Å². The zero-order valence-electron chi connectivity index (χ0n) is 10.5. The maximum atomic E-state index is 12.1. The molecule has 0 atom stereocenters. The Labute approximate surface area is 107 Å². The van der Waals surface area contributed by atoms with E-state index >= 15 is 0 Å². The van der Waals surface area contributed by atoms with E-state index in [1.54, 1.807) is 6.07 Å². The topological polar surface area (TPSA) is 58.4 Å². The maximum Gasteiger partial charge on any atom is 0.276 e. The van der Waals surface area contributed by atoms with E-state index in [1.807, 2.05) is 4.90 Å². The van der Waals surface area contributed by atoms with Crippen molar-refractivity contribution >= 4 is 5.91 Å². The fourth-order valence-corrected chi connectivity index (χ4v) is 3.13. The molecule has 0 bridgehead atoms. The van der Waals surface area contributed by atoms with Gasteiger partial charge in [-0.1, -0.05) is 5.16 Å². The number of nitrogens with one attached hydrogen (secondary N) is 1. The van der Waals surface area contributed by atoms with Crippen LogP contribution < -0.4 is 5.32 Å². The summed E-state index contributed by atoms with van der Waals surface area (Å²) in [5.41, 5.74) is 0.905. The van der Waals surface area contributed by atoms with Crippen molar-refractivity contribution in [3.63, 3.8) is 0 Å². The molecular formula is C13H19N3O2. The third-order valence-corrected chi connectivity index (χ3v) is 4.43. The predicted molar refractivity (Wildman–Crippen MR) is 66.2 cm³/mol. The van der Waals surface area contributed by atoms with E-state index in [0.717, 1.165) is 39.0 Å². The highest BCUT2D eigenvalue weighted by molar-refractivity contribution is 5.92. The number of hydrogen-bond donors (Lipinski definition) is 1. The monoisotopic (exact) mass is 249 g/mol. The van der Waals surface area contributed by atoms with Crippen LogP contribution in [0.1, 0.15) is 36.2 Å². The van der Waals surface area contributed by atoms with Crippen molar-refractivity contribution in [3.8, 4) is 0 Å². The second-order valence-corrected chi connectivity index (χ2v) is 5.43. The summed E-state index contributed by atoms with van der Waals surface area (Å²) in [6.07, 6.45) is 6.19. The van der Waals surface area contributed by atoms with Gasteiger partial charge in [0, 0.05) is 19.2 Å². The molecule has 0 radical (unpaired) electrons. The van der Waals surface area contributed by atoms with Crippen molar-refractivity contribution in [3.05, 3.63) is 18.0 Å². The van der Waals surface area contributed by atoms with Crippen LogP contribution in [-0.4, -0.2) is 42.1 Å². The summed E-state index contributed by atoms with van der Waals surface area (Å²) in [5, 5.41) is 7.13. The highest BCUT2D eigenvalue weighted by atomic mass is 16.5. The number of amides is 1. The molecule has 2 fully saturated rings. The fraction of sp³-hybridized carbons (Fsp3) is 0.692. The number of likely N-dealkylation sites (tertiary alicyclic amines) is 1. The first kappa shape index (κ1) is 11.7. The van der Waals surface area contributed by atoms with Gasteiger partial charge in [0.25, 0.3) is 5.91 Å². The van der Waals surface area contributed by atoms with Crippen molar-refractivity contribution < 1.29 is 9.32 Å². The molecular weight excluding hydrogens is 230 g/mol. The molecule has 2 saturated heterocycles. The van der Waals surface area contributed by atoms with Crippen molar-refractivity contribution in [1.29, 1.82) is 0 Å². The molecule has 2 aliphatic rings. The summed E-state index contributed by atoms with van der Waals surface area (Å²) < 4.78 is 4.73. The van der Waals surface area contributed by atoms with Gasteiger partial charge in [-0.25, -0.2) is 0 Å². The highest BCUT2D eigenvalue weighted by Gasteiger charge is 2.37. The number of carbonyl (C=O) groups excluding carboxylic acids is 1. The second kappa shape index (κ2) is 4.72. The number of rotatable bonds is 1. The molecule has 98 valence electrons. The van der Waals surface area contributed by atoms with Crippen LogP contribution in [0.3, 0.4) is 0 Å². The summed E-state index contributed by atoms with van der Waals surface area (Å²) >= 11 is 0. The third-order valence-electron chi connectivity index (χ3n) is 4.43. The van der Waals surface area contributed by atoms with Gasteiger partial charge in [0.1, 0.15) is 6.26 Å². The van der Waals surface area contributed by atoms with Gasteiger partial charge in [0.2, 0.25) is 0 Å². The Morgan fingerprint density at radius 2 is 2.00 bits per heavy atom. The van der Waals surface area contributed by atoms with Crippen molar-refractivity contribution in [1.82, 2.24) is 15.4 Å². The molecule has 1 aromatic rings. The van der Waals surface area contributed by atoms with Crippen LogP contribution in [0.4, 0.5) is 0 Å². The summed E-state index contributed by atoms with van der Waals surface area (Å²) in [5.74, 6) is 0.00698. The lowest BCUT2D eigenvalue weighted by Crippen LogP contribution is -2.47. The zero-order valence-corrected chi connectivity index (χ0v) is 10.5. The van der Waals surface area contributed by atoms with E-state index in [-0.39, 0.29) is 5.91 Å². The van der Waals surface area contributed by atoms with Crippen LogP contribution in [-0.2, 0) is 0 Å². The van der Waals surface area contributed by atoms with Crippen LogP contribution in [0.2, 0.25) is 0 Å². The summed E-state index contributed by atoms with van der Waals surface area (Å²) in [6.45, 7) is 3.95. The predicted octanol–water partition coefficient (Wildman–Crippen LogP) is 1.28. The summed E-state index contributed by atoms with van der Waals surface area (Å²) in [6, 6.07) is 1.64. The van der Waals surface area contributed by atoms with Crippen LogP contribution >= 0.6 is 0 Å². The standard InChI is InChI=1S/C13H19N3O2/c17-12(11-1-10-18-15-11)16-8-4-13(5-9-16)2-6-14-7-3-13/h1,10,14H,2-9H2. The van der Waals surface area contributed by atoms with Crippen molar-refractivity contribution in [2.24, 2.45) is 5.41 Å². The molecule has 3 heterocycles. The zero-order chi connectivity index (χ0) is 12.4. The average molecular weight is 249 g/mol. The van der Waals surface area contributed by atoms with Crippen LogP contribution in [0.5, 0.6) is 0 Å². The van der Waals surface area contributed by atoms with Crippen LogP contribution in [0.25, 0.3) is 0 Å². The Bertz CT molecular complexity index is 400. The Morgan fingerprint density at radius 3 is 2.61 bits per heavy atom. The lowest BCUT2D eigenvalue weighted by atomic mass is 9.71. The van der Waals surface area contributed by atoms with Gasteiger partial charge in [-0.3, -0.25) is 4.79 Å². The Balaban J connectivity index is 1.61. The van der Waals surface area contributed by atoms with E-state index in [0.29, 0.717) is 11.1 Å². The Morgan fingerprint density at radius 1 is 1.28 bits per heavy atom. The molecule has 1 amide bonds. The van der Waals surface area contributed by atoms with E-state index < -0.39 is 0 Å². The first-order valence-corrected chi connectivity index (χ1v) is 6.70. The Kier molecular flexibility index (Phi) is 3.07. The van der Waals surface area contributed by atoms with E-state index in [4.69, 9.17) is 4.52 Å². The van der Waals surface area contributed by atoms with Gasteiger partial charge in [0.05, 0.1) is 0 Å². The van der Waals surface area contributed by atoms with E-state index in [1.165, 1.54) is 19.1 Å². The fourth-order valence-electron chi connectivity index (χ4n) is 3.13. The molecule has 0 aromatic carbocycles. The van der Waals surface area contributed by atoms with Gasteiger partial charge in [-0.05, 0) is 44.2 Å². The summed E-state index contributed by atoms with van der Waals surface area (Å²) in [4.78, 5) is 14.0. The maximum absolute atomic E-state index is 12.1. The molecule has 2 aliphatic heterocycles. The largest absolute Gasteiger partial charge is 0.364 e. The lowest BCUT2D eigenvalue weighted by molar-refractivity contribution is 0.0487. The quantitative estimate of drug-likeness (QED) is 0.814. The van der Waals surface area contributed by atoms with E-state index in [2.05, 4.69) is 10.5 Å². The molecule has 1 aromatic heterocycles. The molecule has 5 heteroatoms. The first-order valence-electron chi connectivity index (χ1n) is 6.70. The van der Waals surface area contributed by atoms with Gasteiger partial charge in [0.15, 0.2) is 5.69 Å². The number of hydrogen-bond acceptors (Lipinski definition) is 4. The minimum Gasteiger partial charge on any atom is -0.364 e. The molecule has 1 N–H and O–H groups in total. The lowest BCUT2D eigenvalue weighted by Gasteiger charge is -2.44. The first-order chi connectivity index (χ1) is 8.79. The smallest absolute Gasteiger partial charge is 0.276 e.